The number of ether oxygens (including phenoxy) is 1. The van der Waals surface area contributed by atoms with Crippen LogP contribution in [0.2, 0.25) is 0 Å². The van der Waals surface area contributed by atoms with E-state index in [1.165, 1.54) is 5.56 Å². The van der Waals surface area contributed by atoms with Crippen molar-refractivity contribution >= 4 is 0 Å². The van der Waals surface area contributed by atoms with Gasteiger partial charge in [0, 0.05) is 0 Å². The van der Waals surface area contributed by atoms with Crippen LogP contribution < -0.4 is 4.74 Å². The Morgan fingerprint density at radius 1 is 1.23 bits per heavy atom. The minimum atomic E-state index is 0.945. The van der Waals surface area contributed by atoms with Gasteiger partial charge in [0.1, 0.15) is 11.5 Å². The Hall–Kier alpha value is -1.50. The molecule has 13 heavy (non-hydrogen) atoms. The van der Waals surface area contributed by atoms with E-state index >= 15 is 0 Å². The van der Waals surface area contributed by atoms with Crippen molar-refractivity contribution in [3.63, 3.8) is 0 Å². The van der Waals surface area contributed by atoms with Crippen LogP contribution in [-0.4, -0.2) is 0 Å². The first-order chi connectivity index (χ1) is 6.36. The molecule has 0 heterocycles. The van der Waals surface area contributed by atoms with Gasteiger partial charge in [0.2, 0.25) is 0 Å². The molecule has 66 valence electrons. The van der Waals surface area contributed by atoms with Gasteiger partial charge in [-0.15, -0.1) is 0 Å². The third kappa shape index (κ3) is 1.81. The quantitative estimate of drug-likeness (QED) is 0.665. The van der Waals surface area contributed by atoms with Crippen molar-refractivity contribution in [2.24, 2.45) is 0 Å². The van der Waals surface area contributed by atoms with Crippen LogP contribution in [0.3, 0.4) is 0 Å². The lowest BCUT2D eigenvalue weighted by Crippen LogP contribution is -1.91. The number of allylic oxidation sites excluding steroid dienone is 3. The second kappa shape index (κ2) is 3.48. The van der Waals surface area contributed by atoms with Crippen molar-refractivity contribution in [3.05, 3.63) is 53.8 Å². The average Bonchev–Trinajstić information content (AvgIpc) is 2.61. The highest BCUT2D eigenvalue weighted by Gasteiger charge is 2.02. The fourth-order valence-corrected chi connectivity index (χ4v) is 1.31. The van der Waals surface area contributed by atoms with E-state index in [9.17, 15) is 0 Å². The van der Waals surface area contributed by atoms with E-state index in [0.717, 1.165) is 17.9 Å². The van der Waals surface area contributed by atoms with Crippen LogP contribution in [0.15, 0.2) is 48.3 Å². The molecular weight excluding hydrogens is 160 g/mol. The molecule has 1 aromatic rings. The van der Waals surface area contributed by atoms with Crippen LogP contribution >= 0.6 is 0 Å². The number of aryl methyl sites for hydroxylation is 1. The molecule has 0 radical (unpaired) electrons. The van der Waals surface area contributed by atoms with Crippen LogP contribution in [-0.2, 0) is 0 Å². The summed E-state index contributed by atoms with van der Waals surface area (Å²) in [7, 11) is 0. The highest BCUT2D eigenvalue weighted by Crippen LogP contribution is 2.21. The van der Waals surface area contributed by atoms with Crippen molar-refractivity contribution in [3.8, 4) is 5.75 Å². The summed E-state index contributed by atoms with van der Waals surface area (Å²) in [6.07, 6.45) is 7.16. The molecule has 0 bridgehead atoms. The Balaban J connectivity index is 2.18. The Bertz CT molecular complexity index is 361. The maximum absolute atomic E-state index is 5.68. The van der Waals surface area contributed by atoms with Crippen LogP contribution in [0, 0.1) is 6.92 Å². The van der Waals surface area contributed by atoms with E-state index in [1.807, 2.05) is 24.3 Å². The van der Waals surface area contributed by atoms with Crippen molar-refractivity contribution in [1.82, 2.24) is 0 Å². The van der Waals surface area contributed by atoms with Gasteiger partial charge in [-0.25, -0.2) is 0 Å². The first-order valence-electron chi connectivity index (χ1n) is 4.46. The number of hydrogen-bond acceptors (Lipinski definition) is 1. The average molecular weight is 172 g/mol. The molecule has 1 nitrogen and oxygen atoms in total. The van der Waals surface area contributed by atoms with Gasteiger partial charge < -0.3 is 4.74 Å². The minimum Gasteiger partial charge on any atom is -0.457 e. The maximum atomic E-state index is 5.68. The van der Waals surface area contributed by atoms with Gasteiger partial charge in [-0.05, 0) is 37.1 Å². The molecule has 0 saturated heterocycles. The van der Waals surface area contributed by atoms with Gasteiger partial charge in [0.05, 0.1) is 0 Å². The van der Waals surface area contributed by atoms with E-state index in [-0.39, 0.29) is 0 Å². The minimum absolute atomic E-state index is 0.945. The smallest absolute Gasteiger partial charge is 0.130 e. The molecule has 0 spiro atoms. The normalized spacial score (nSPS) is 14.4. The third-order valence-electron chi connectivity index (χ3n) is 2.06. The molecule has 0 N–H and O–H groups in total. The summed E-state index contributed by atoms with van der Waals surface area (Å²) in [5.74, 6) is 1.90. The zero-order chi connectivity index (χ0) is 9.10. The molecule has 2 rings (SSSR count). The van der Waals surface area contributed by atoms with Gasteiger partial charge in [0.15, 0.2) is 0 Å². The molecule has 0 amide bonds. The molecule has 1 heteroatoms. The maximum Gasteiger partial charge on any atom is 0.130 e. The van der Waals surface area contributed by atoms with Crippen LogP contribution in [0.25, 0.3) is 0 Å². The summed E-state index contributed by atoms with van der Waals surface area (Å²) in [6, 6.07) is 8.04. The Morgan fingerprint density at radius 3 is 2.77 bits per heavy atom. The molecule has 0 aliphatic heterocycles. The predicted molar refractivity (Wildman–Crippen MR) is 53.6 cm³/mol. The highest BCUT2D eigenvalue weighted by molar-refractivity contribution is 5.35. The number of hydrogen-bond donors (Lipinski definition) is 0. The van der Waals surface area contributed by atoms with E-state index in [0.29, 0.717) is 0 Å². The summed E-state index contributed by atoms with van der Waals surface area (Å²) >= 11 is 0. The van der Waals surface area contributed by atoms with E-state index in [4.69, 9.17) is 4.74 Å². The summed E-state index contributed by atoms with van der Waals surface area (Å²) < 4.78 is 5.68. The van der Waals surface area contributed by atoms with Gasteiger partial charge >= 0.3 is 0 Å². The molecule has 0 aromatic heterocycles. The summed E-state index contributed by atoms with van der Waals surface area (Å²) in [4.78, 5) is 0. The topological polar surface area (TPSA) is 9.23 Å². The monoisotopic (exact) mass is 172 g/mol. The van der Waals surface area contributed by atoms with Crippen LogP contribution in [0.5, 0.6) is 5.75 Å². The van der Waals surface area contributed by atoms with Gasteiger partial charge in [-0.3, -0.25) is 0 Å². The Kier molecular flexibility index (Phi) is 2.17. The van der Waals surface area contributed by atoms with Gasteiger partial charge in [-0.1, -0.05) is 24.3 Å². The molecular formula is C12H12O. The SMILES string of the molecule is Cc1ccccc1OC1=CCC=C1. The second-order valence-corrected chi connectivity index (χ2v) is 3.11. The second-order valence-electron chi connectivity index (χ2n) is 3.11. The van der Waals surface area contributed by atoms with Crippen LogP contribution in [0.1, 0.15) is 12.0 Å². The highest BCUT2D eigenvalue weighted by atomic mass is 16.5. The number of benzene rings is 1. The molecule has 1 aromatic carbocycles. The van der Waals surface area contributed by atoms with Crippen molar-refractivity contribution in [2.75, 3.05) is 0 Å². The van der Waals surface area contributed by atoms with Crippen LogP contribution in [0.4, 0.5) is 0 Å². The lowest BCUT2D eigenvalue weighted by atomic mass is 10.2. The molecule has 0 unspecified atom stereocenters. The van der Waals surface area contributed by atoms with E-state index in [1.54, 1.807) is 0 Å². The Labute approximate surface area is 78.3 Å². The molecule has 0 fully saturated rings. The number of rotatable bonds is 2. The fourth-order valence-electron chi connectivity index (χ4n) is 1.31. The summed E-state index contributed by atoms with van der Waals surface area (Å²) in [5.41, 5.74) is 1.17. The van der Waals surface area contributed by atoms with E-state index < -0.39 is 0 Å². The Morgan fingerprint density at radius 2 is 2.08 bits per heavy atom. The summed E-state index contributed by atoms with van der Waals surface area (Å²) in [6.45, 7) is 2.05. The standard InChI is InChI=1S/C12H12O/c1-10-6-2-5-9-12(10)13-11-7-3-4-8-11/h2-3,5-9H,4H2,1H3. The predicted octanol–water partition coefficient (Wildman–Crippen LogP) is 3.22. The lowest BCUT2D eigenvalue weighted by molar-refractivity contribution is 0.442. The molecule has 1 aliphatic rings. The molecule has 1 aliphatic carbocycles. The first kappa shape index (κ1) is 8.11. The zero-order valence-electron chi connectivity index (χ0n) is 7.66. The lowest BCUT2D eigenvalue weighted by Gasteiger charge is -2.06. The van der Waals surface area contributed by atoms with Gasteiger partial charge in [0.25, 0.3) is 0 Å². The first-order valence-corrected chi connectivity index (χ1v) is 4.46. The molecule has 0 saturated carbocycles. The van der Waals surface area contributed by atoms with Crippen molar-refractivity contribution in [1.29, 1.82) is 0 Å². The van der Waals surface area contributed by atoms with E-state index in [2.05, 4.69) is 25.1 Å². The van der Waals surface area contributed by atoms with Crippen molar-refractivity contribution in [2.45, 2.75) is 13.3 Å². The number of para-hydroxylation sites is 1. The molecule has 0 atom stereocenters. The largest absolute Gasteiger partial charge is 0.457 e. The zero-order valence-corrected chi connectivity index (χ0v) is 7.66. The fraction of sp³-hybridized carbons (Fsp3) is 0.167. The van der Waals surface area contributed by atoms with Crippen molar-refractivity contribution < 1.29 is 4.74 Å². The van der Waals surface area contributed by atoms with Gasteiger partial charge in [-0.2, -0.15) is 0 Å². The third-order valence-corrected chi connectivity index (χ3v) is 2.06. The summed E-state index contributed by atoms with van der Waals surface area (Å²) in [5, 5.41) is 0.